The number of ether oxygens (including phenoxy) is 1. The summed E-state index contributed by atoms with van der Waals surface area (Å²) in [6.45, 7) is 9.11. The topological polar surface area (TPSA) is 42.3 Å². The van der Waals surface area contributed by atoms with Gasteiger partial charge in [0, 0.05) is 32.2 Å². The number of hydrogen-bond acceptors (Lipinski definition) is 4. The lowest BCUT2D eigenvalue weighted by Crippen LogP contribution is -2.35. The Bertz CT molecular complexity index is 373. The van der Waals surface area contributed by atoms with Crippen LogP contribution in [-0.4, -0.2) is 53.8 Å². The molecule has 1 aliphatic heterocycles. The van der Waals surface area contributed by atoms with Crippen molar-refractivity contribution in [1.82, 2.24) is 19.8 Å². The van der Waals surface area contributed by atoms with E-state index in [9.17, 15) is 0 Å². The summed E-state index contributed by atoms with van der Waals surface area (Å²) in [5.41, 5.74) is 1.18. The zero-order valence-electron chi connectivity index (χ0n) is 12.3. The molecule has 1 aromatic rings. The molecule has 108 valence electrons. The van der Waals surface area contributed by atoms with Crippen molar-refractivity contribution in [2.75, 3.05) is 33.3 Å². The van der Waals surface area contributed by atoms with Crippen LogP contribution in [0.2, 0.25) is 0 Å². The molecule has 2 heterocycles. The highest BCUT2D eigenvalue weighted by Gasteiger charge is 2.19. The van der Waals surface area contributed by atoms with E-state index in [4.69, 9.17) is 4.74 Å². The Labute approximate surface area is 116 Å². The summed E-state index contributed by atoms with van der Waals surface area (Å²) in [5.74, 6) is 0. The summed E-state index contributed by atoms with van der Waals surface area (Å²) in [6.07, 6.45) is 5.17. The van der Waals surface area contributed by atoms with Crippen molar-refractivity contribution in [3.63, 3.8) is 0 Å². The van der Waals surface area contributed by atoms with Gasteiger partial charge in [0.15, 0.2) is 0 Å². The molecule has 2 atom stereocenters. The van der Waals surface area contributed by atoms with Crippen LogP contribution in [0.4, 0.5) is 0 Å². The van der Waals surface area contributed by atoms with Gasteiger partial charge in [-0.1, -0.05) is 6.92 Å². The molecule has 0 saturated carbocycles. The third-order valence-corrected chi connectivity index (χ3v) is 4.04. The molecular weight excluding hydrogens is 240 g/mol. The van der Waals surface area contributed by atoms with Gasteiger partial charge in [-0.15, -0.1) is 0 Å². The van der Waals surface area contributed by atoms with E-state index in [0.717, 1.165) is 32.8 Å². The monoisotopic (exact) mass is 266 g/mol. The normalized spacial score (nSPS) is 21.8. The number of rotatable bonds is 6. The highest BCUT2D eigenvalue weighted by molar-refractivity contribution is 5.04. The molecular formula is C14H26N4O. The van der Waals surface area contributed by atoms with E-state index in [1.165, 1.54) is 12.1 Å². The molecule has 1 aromatic heterocycles. The molecule has 0 radical (unpaired) electrons. The summed E-state index contributed by atoms with van der Waals surface area (Å²) >= 11 is 0. The first-order valence-electron chi connectivity index (χ1n) is 7.25. The molecule has 1 saturated heterocycles. The summed E-state index contributed by atoms with van der Waals surface area (Å²) in [6, 6.07) is 0.625. The Kier molecular flexibility index (Phi) is 5.36. The maximum atomic E-state index is 5.80. The van der Waals surface area contributed by atoms with Gasteiger partial charge in [0.2, 0.25) is 0 Å². The molecule has 2 unspecified atom stereocenters. The fraction of sp³-hybridized carbons (Fsp3) is 0.786. The van der Waals surface area contributed by atoms with E-state index in [0.29, 0.717) is 6.04 Å². The van der Waals surface area contributed by atoms with Crippen LogP contribution < -0.4 is 5.32 Å². The third kappa shape index (κ3) is 3.78. The Balaban J connectivity index is 1.92. The van der Waals surface area contributed by atoms with Crippen molar-refractivity contribution < 1.29 is 4.74 Å². The number of nitrogens with one attached hydrogen (secondary N) is 1. The van der Waals surface area contributed by atoms with Crippen LogP contribution in [0.15, 0.2) is 12.5 Å². The van der Waals surface area contributed by atoms with Gasteiger partial charge < -0.3 is 19.5 Å². The lowest BCUT2D eigenvalue weighted by Gasteiger charge is -2.26. The molecule has 19 heavy (non-hydrogen) atoms. The number of imidazole rings is 1. The van der Waals surface area contributed by atoms with Gasteiger partial charge >= 0.3 is 0 Å². The van der Waals surface area contributed by atoms with Gasteiger partial charge in [0.1, 0.15) is 6.10 Å². The summed E-state index contributed by atoms with van der Waals surface area (Å²) in [4.78, 5) is 6.67. The minimum absolute atomic E-state index is 0.144. The fourth-order valence-corrected chi connectivity index (χ4v) is 2.34. The van der Waals surface area contributed by atoms with E-state index in [-0.39, 0.29) is 6.10 Å². The number of morpholine rings is 1. The Morgan fingerprint density at radius 1 is 1.63 bits per heavy atom. The summed E-state index contributed by atoms with van der Waals surface area (Å²) in [7, 11) is 2.18. The zero-order valence-corrected chi connectivity index (χ0v) is 12.3. The maximum absolute atomic E-state index is 5.80. The second-order valence-electron chi connectivity index (χ2n) is 5.31. The molecule has 0 aromatic carbocycles. The van der Waals surface area contributed by atoms with Crippen LogP contribution in [-0.2, 0) is 11.3 Å². The van der Waals surface area contributed by atoms with Crippen molar-refractivity contribution in [2.24, 2.45) is 0 Å². The quantitative estimate of drug-likeness (QED) is 0.842. The first-order valence-corrected chi connectivity index (χ1v) is 7.25. The Morgan fingerprint density at radius 2 is 2.47 bits per heavy atom. The van der Waals surface area contributed by atoms with Gasteiger partial charge in [-0.05, 0) is 20.4 Å². The predicted molar refractivity (Wildman–Crippen MR) is 76.2 cm³/mol. The van der Waals surface area contributed by atoms with E-state index in [1.54, 1.807) is 0 Å². The molecule has 5 nitrogen and oxygen atoms in total. The smallest absolute Gasteiger partial charge is 0.111 e. The van der Waals surface area contributed by atoms with Crippen LogP contribution in [0.25, 0.3) is 0 Å². The van der Waals surface area contributed by atoms with Gasteiger partial charge in [-0.2, -0.15) is 0 Å². The van der Waals surface area contributed by atoms with Crippen molar-refractivity contribution in [2.45, 2.75) is 39.0 Å². The number of hydrogen-bond donors (Lipinski definition) is 1. The molecule has 0 bridgehead atoms. The van der Waals surface area contributed by atoms with Crippen LogP contribution >= 0.6 is 0 Å². The highest BCUT2D eigenvalue weighted by atomic mass is 16.5. The first-order chi connectivity index (χ1) is 9.22. The minimum Gasteiger partial charge on any atom is -0.369 e. The Morgan fingerprint density at radius 3 is 3.16 bits per heavy atom. The third-order valence-electron chi connectivity index (χ3n) is 4.04. The number of likely N-dealkylation sites (N-methyl/N-ethyl adjacent to an activating group) is 1. The highest BCUT2D eigenvalue weighted by Crippen LogP contribution is 2.18. The van der Waals surface area contributed by atoms with E-state index in [2.05, 4.69) is 40.7 Å². The maximum Gasteiger partial charge on any atom is 0.111 e. The van der Waals surface area contributed by atoms with Crippen LogP contribution in [0.3, 0.4) is 0 Å². The molecule has 1 N–H and O–H groups in total. The SMILES string of the molecule is CCC(C)N(C)CCn1cncc1C1CNCCO1. The van der Waals surface area contributed by atoms with Crippen molar-refractivity contribution in [3.8, 4) is 0 Å². The second kappa shape index (κ2) is 7.03. The molecule has 2 rings (SSSR count). The average Bonchev–Trinajstić information content (AvgIpc) is 2.93. The molecule has 0 amide bonds. The van der Waals surface area contributed by atoms with Crippen molar-refractivity contribution >= 4 is 0 Å². The van der Waals surface area contributed by atoms with Gasteiger partial charge in [-0.3, -0.25) is 0 Å². The lowest BCUT2D eigenvalue weighted by atomic mass is 10.2. The van der Waals surface area contributed by atoms with Gasteiger partial charge in [0.25, 0.3) is 0 Å². The number of nitrogens with zero attached hydrogens (tertiary/aromatic N) is 3. The van der Waals surface area contributed by atoms with Gasteiger partial charge in [0.05, 0.1) is 24.8 Å². The largest absolute Gasteiger partial charge is 0.369 e. The summed E-state index contributed by atoms with van der Waals surface area (Å²) in [5, 5.41) is 3.37. The second-order valence-corrected chi connectivity index (χ2v) is 5.31. The van der Waals surface area contributed by atoms with Crippen molar-refractivity contribution in [1.29, 1.82) is 0 Å². The Hall–Kier alpha value is -0.910. The molecule has 1 fully saturated rings. The molecule has 1 aliphatic rings. The summed E-state index contributed by atoms with van der Waals surface area (Å²) < 4.78 is 8.02. The lowest BCUT2D eigenvalue weighted by molar-refractivity contribution is 0.0225. The van der Waals surface area contributed by atoms with Gasteiger partial charge in [-0.25, -0.2) is 4.98 Å². The molecule has 0 aliphatic carbocycles. The van der Waals surface area contributed by atoms with E-state index >= 15 is 0 Å². The number of aromatic nitrogens is 2. The fourth-order valence-electron chi connectivity index (χ4n) is 2.34. The van der Waals surface area contributed by atoms with E-state index < -0.39 is 0 Å². The van der Waals surface area contributed by atoms with Crippen LogP contribution in [0.1, 0.15) is 32.1 Å². The first kappa shape index (κ1) is 14.5. The minimum atomic E-state index is 0.144. The van der Waals surface area contributed by atoms with Crippen LogP contribution in [0.5, 0.6) is 0 Å². The zero-order chi connectivity index (χ0) is 13.7. The van der Waals surface area contributed by atoms with Crippen molar-refractivity contribution in [3.05, 3.63) is 18.2 Å². The standard InChI is InChI=1S/C14H26N4O/c1-4-12(2)17(3)6-7-18-11-16-9-13(18)14-10-15-5-8-19-14/h9,11-12,14-15H,4-8,10H2,1-3H3. The molecule has 0 spiro atoms. The van der Waals surface area contributed by atoms with Crippen LogP contribution in [0, 0.1) is 0 Å². The average molecular weight is 266 g/mol. The molecule has 5 heteroatoms. The van der Waals surface area contributed by atoms with E-state index in [1.807, 2.05) is 12.5 Å². The predicted octanol–water partition coefficient (Wildman–Crippen LogP) is 1.27.